The molecule has 0 saturated carbocycles. The summed E-state index contributed by atoms with van der Waals surface area (Å²) in [6.45, 7) is 6.51. The van der Waals surface area contributed by atoms with Crippen LogP contribution in [-0.2, 0) is 11.3 Å². The summed E-state index contributed by atoms with van der Waals surface area (Å²) in [6.07, 6.45) is 0.827. The van der Waals surface area contributed by atoms with Crippen molar-refractivity contribution in [3.8, 4) is 0 Å². The molecule has 2 aromatic heterocycles. The van der Waals surface area contributed by atoms with Gasteiger partial charge in [0, 0.05) is 6.54 Å². The van der Waals surface area contributed by atoms with Crippen molar-refractivity contribution >= 4 is 40.0 Å². The van der Waals surface area contributed by atoms with Gasteiger partial charge in [-0.1, -0.05) is 43.8 Å². The summed E-state index contributed by atoms with van der Waals surface area (Å²) < 4.78 is 17.5. The predicted octanol–water partition coefficient (Wildman–Crippen LogP) is 4.27. The van der Waals surface area contributed by atoms with E-state index in [4.69, 9.17) is 0 Å². The predicted molar refractivity (Wildman–Crippen MR) is 125 cm³/mol. The van der Waals surface area contributed by atoms with Crippen molar-refractivity contribution in [3.05, 3.63) is 64.2 Å². The summed E-state index contributed by atoms with van der Waals surface area (Å²) in [7, 11) is 0. The molecule has 0 atom stereocenters. The number of benzene rings is 2. The highest BCUT2D eigenvalue weighted by Gasteiger charge is 2.18. The molecule has 0 unspecified atom stereocenters. The lowest BCUT2D eigenvalue weighted by atomic mass is 10.1. The standard InChI is InChI=1S/C23H24FN5O2S/c1-14(2)10-11-28-21(31)16-6-4-5-7-19(16)29-22(28)26-27-23(29)32-13-20(30)25-18-9-8-15(3)12-17(18)24/h4-9,12,14H,10-11,13H2,1-3H3,(H,25,30). The molecular formula is C23H24FN5O2S. The van der Waals surface area contributed by atoms with Crippen LogP contribution in [0.15, 0.2) is 52.4 Å². The molecule has 0 aliphatic carbocycles. The zero-order chi connectivity index (χ0) is 22.8. The van der Waals surface area contributed by atoms with Gasteiger partial charge in [-0.25, -0.2) is 4.39 Å². The number of carbonyl (C=O) groups is 1. The van der Waals surface area contributed by atoms with Gasteiger partial charge in [0.05, 0.1) is 22.3 Å². The highest BCUT2D eigenvalue weighted by atomic mass is 32.2. The van der Waals surface area contributed by atoms with E-state index in [0.717, 1.165) is 12.0 Å². The maximum Gasteiger partial charge on any atom is 0.262 e. The molecule has 1 N–H and O–H groups in total. The molecule has 166 valence electrons. The van der Waals surface area contributed by atoms with Crippen LogP contribution in [0.2, 0.25) is 0 Å². The molecule has 0 fully saturated rings. The van der Waals surface area contributed by atoms with Crippen molar-refractivity contribution in [2.45, 2.75) is 38.9 Å². The van der Waals surface area contributed by atoms with Crippen LogP contribution in [0.5, 0.6) is 0 Å². The van der Waals surface area contributed by atoms with E-state index in [1.165, 1.54) is 17.8 Å². The average molecular weight is 454 g/mol. The maximum atomic E-state index is 14.0. The number of hydrogen-bond acceptors (Lipinski definition) is 5. The molecule has 0 aliphatic heterocycles. The van der Waals surface area contributed by atoms with Crippen molar-refractivity contribution in [1.82, 2.24) is 19.2 Å². The number of halogens is 1. The van der Waals surface area contributed by atoms with Gasteiger partial charge in [0.25, 0.3) is 5.56 Å². The lowest BCUT2D eigenvalue weighted by Crippen LogP contribution is -2.24. The fourth-order valence-electron chi connectivity index (χ4n) is 3.45. The first-order valence-corrected chi connectivity index (χ1v) is 11.4. The molecule has 0 saturated heterocycles. The van der Waals surface area contributed by atoms with E-state index in [1.54, 1.807) is 29.7 Å². The Bertz CT molecular complexity index is 1360. The van der Waals surface area contributed by atoms with Gasteiger partial charge in [-0.05, 0) is 49.1 Å². The van der Waals surface area contributed by atoms with E-state index in [2.05, 4.69) is 29.4 Å². The van der Waals surface area contributed by atoms with E-state index in [-0.39, 0.29) is 22.9 Å². The Morgan fingerprint density at radius 3 is 2.72 bits per heavy atom. The second-order valence-corrected chi connectivity index (χ2v) is 9.04. The third kappa shape index (κ3) is 4.38. The first kappa shape index (κ1) is 22.0. The van der Waals surface area contributed by atoms with Gasteiger partial charge in [0.2, 0.25) is 11.7 Å². The SMILES string of the molecule is Cc1ccc(NC(=O)CSc2nnc3n(CCC(C)C)c(=O)c4ccccc4n23)c(F)c1. The Balaban J connectivity index is 1.65. The van der Waals surface area contributed by atoms with Crippen LogP contribution in [0, 0.1) is 18.7 Å². The Labute approximate surface area is 188 Å². The third-order valence-electron chi connectivity index (χ3n) is 5.14. The van der Waals surface area contributed by atoms with E-state index >= 15 is 0 Å². The number of thioether (sulfide) groups is 1. The molecule has 0 aliphatic rings. The van der Waals surface area contributed by atoms with E-state index < -0.39 is 5.82 Å². The Hall–Kier alpha value is -3.20. The van der Waals surface area contributed by atoms with Gasteiger partial charge in [-0.3, -0.25) is 18.6 Å². The molecule has 9 heteroatoms. The van der Waals surface area contributed by atoms with Gasteiger partial charge >= 0.3 is 0 Å². The maximum absolute atomic E-state index is 14.0. The third-order valence-corrected chi connectivity index (χ3v) is 6.07. The van der Waals surface area contributed by atoms with E-state index in [1.807, 2.05) is 22.6 Å². The Morgan fingerprint density at radius 1 is 1.19 bits per heavy atom. The summed E-state index contributed by atoms with van der Waals surface area (Å²) in [5.41, 5.74) is 1.50. The van der Waals surface area contributed by atoms with Crippen LogP contribution in [0.1, 0.15) is 25.8 Å². The summed E-state index contributed by atoms with van der Waals surface area (Å²) in [4.78, 5) is 25.5. The van der Waals surface area contributed by atoms with Crippen molar-refractivity contribution in [3.63, 3.8) is 0 Å². The first-order chi connectivity index (χ1) is 15.3. The second-order valence-electron chi connectivity index (χ2n) is 8.09. The van der Waals surface area contributed by atoms with Gasteiger partial charge < -0.3 is 5.32 Å². The normalized spacial score (nSPS) is 11.5. The lowest BCUT2D eigenvalue weighted by molar-refractivity contribution is -0.113. The minimum atomic E-state index is -0.476. The molecule has 7 nitrogen and oxygen atoms in total. The van der Waals surface area contributed by atoms with Crippen LogP contribution in [-0.4, -0.2) is 30.8 Å². The van der Waals surface area contributed by atoms with Crippen LogP contribution in [0.3, 0.4) is 0 Å². The van der Waals surface area contributed by atoms with Crippen molar-refractivity contribution in [2.24, 2.45) is 5.92 Å². The highest BCUT2D eigenvalue weighted by molar-refractivity contribution is 7.99. The summed E-state index contributed by atoms with van der Waals surface area (Å²) in [5, 5.41) is 12.2. The van der Waals surface area contributed by atoms with Crippen molar-refractivity contribution in [1.29, 1.82) is 0 Å². The molecule has 32 heavy (non-hydrogen) atoms. The zero-order valence-electron chi connectivity index (χ0n) is 18.1. The van der Waals surface area contributed by atoms with E-state index in [0.29, 0.717) is 34.3 Å². The molecular weight excluding hydrogens is 429 g/mol. The van der Waals surface area contributed by atoms with Gasteiger partial charge in [-0.15, -0.1) is 10.2 Å². The minimum Gasteiger partial charge on any atom is -0.323 e. The fraction of sp³-hybridized carbons (Fsp3) is 0.304. The number of nitrogens with one attached hydrogen (secondary N) is 1. The number of rotatable bonds is 7. The smallest absolute Gasteiger partial charge is 0.262 e. The van der Waals surface area contributed by atoms with Crippen LogP contribution < -0.4 is 10.9 Å². The topological polar surface area (TPSA) is 81.3 Å². The van der Waals surface area contributed by atoms with Crippen molar-refractivity contribution < 1.29 is 9.18 Å². The number of amides is 1. The summed E-state index contributed by atoms with van der Waals surface area (Å²) >= 11 is 1.19. The fourth-order valence-corrected chi connectivity index (χ4v) is 4.19. The summed E-state index contributed by atoms with van der Waals surface area (Å²) in [6, 6.07) is 11.9. The molecule has 1 amide bonds. The van der Waals surface area contributed by atoms with Crippen LogP contribution in [0.25, 0.3) is 16.7 Å². The second kappa shape index (κ2) is 9.12. The Kier molecular flexibility index (Phi) is 6.27. The number of anilines is 1. The summed E-state index contributed by atoms with van der Waals surface area (Å²) in [5.74, 6) is 0.0642. The molecule has 0 radical (unpaired) electrons. The largest absolute Gasteiger partial charge is 0.323 e. The number of fused-ring (bicyclic) bond motifs is 3. The number of hydrogen-bond donors (Lipinski definition) is 1. The first-order valence-electron chi connectivity index (χ1n) is 10.4. The zero-order valence-corrected chi connectivity index (χ0v) is 18.9. The molecule has 2 heterocycles. The van der Waals surface area contributed by atoms with E-state index in [9.17, 15) is 14.0 Å². The molecule has 4 aromatic rings. The Morgan fingerprint density at radius 2 is 1.97 bits per heavy atom. The number of nitrogens with zero attached hydrogens (tertiary/aromatic N) is 4. The quantitative estimate of drug-likeness (QED) is 0.423. The number of aromatic nitrogens is 4. The average Bonchev–Trinajstić information content (AvgIpc) is 3.18. The number of carbonyl (C=O) groups excluding carboxylic acids is 1. The minimum absolute atomic E-state index is 0.0214. The molecule has 0 bridgehead atoms. The molecule has 2 aromatic carbocycles. The van der Waals surface area contributed by atoms with Crippen LogP contribution >= 0.6 is 11.8 Å². The molecule has 0 spiro atoms. The molecule has 4 rings (SSSR count). The van der Waals surface area contributed by atoms with Gasteiger partial charge in [-0.2, -0.15) is 0 Å². The lowest BCUT2D eigenvalue weighted by Gasteiger charge is -2.12. The van der Waals surface area contributed by atoms with Crippen molar-refractivity contribution in [2.75, 3.05) is 11.1 Å². The monoisotopic (exact) mass is 453 g/mol. The number of para-hydroxylation sites is 1. The highest BCUT2D eigenvalue weighted by Crippen LogP contribution is 2.23. The number of aryl methyl sites for hydroxylation is 2. The van der Waals surface area contributed by atoms with Gasteiger partial charge in [0.15, 0.2) is 5.16 Å². The van der Waals surface area contributed by atoms with Crippen LogP contribution in [0.4, 0.5) is 10.1 Å². The van der Waals surface area contributed by atoms with Gasteiger partial charge in [0.1, 0.15) is 5.82 Å².